The molecule has 0 aliphatic carbocycles. The van der Waals surface area contributed by atoms with Gasteiger partial charge in [0.2, 0.25) is 0 Å². The van der Waals surface area contributed by atoms with E-state index in [1.165, 1.54) is 0 Å². The number of nitrogens with zero attached hydrogens (tertiary/aromatic N) is 3. The molecule has 0 N–H and O–H groups in total. The molecule has 2 rings (SSSR count). The van der Waals surface area contributed by atoms with Crippen molar-refractivity contribution in [1.82, 2.24) is 14.5 Å². The van der Waals surface area contributed by atoms with Gasteiger partial charge in [0, 0.05) is 43.6 Å². The molecule has 0 radical (unpaired) electrons. The molecule has 5 heteroatoms. The number of hydrogen-bond acceptors (Lipinski definition) is 4. The lowest BCUT2D eigenvalue weighted by Crippen LogP contribution is -2.48. The largest absolute Gasteiger partial charge is 0.464 e. The predicted molar refractivity (Wildman–Crippen MR) is 104 cm³/mol. The Morgan fingerprint density at radius 2 is 1.81 bits per heavy atom. The summed E-state index contributed by atoms with van der Waals surface area (Å²) < 4.78 is 7.46. The van der Waals surface area contributed by atoms with Crippen molar-refractivity contribution in [3.05, 3.63) is 54.6 Å². The van der Waals surface area contributed by atoms with Crippen molar-refractivity contribution < 1.29 is 9.53 Å². The number of pyridine rings is 1. The number of esters is 1. The molecule has 0 bridgehead atoms. The van der Waals surface area contributed by atoms with Crippen molar-refractivity contribution in [1.29, 1.82) is 0 Å². The Morgan fingerprint density at radius 3 is 2.31 bits per heavy atom. The van der Waals surface area contributed by atoms with Crippen molar-refractivity contribution in [2.45, 2.75) is 58.7 Å². The zero-order chi connectivity index (χ0) is 19.2. The molecular formula is C21H31N3O2. The molecule has 2 heterocycles. The third-order valence-corrected chi connectivity index (χ3v) is 4.81. The Balaban J connectivity index is 2.51. The number of ether oxygens (including phenoxy) is 1. The fourth-order valence-corrected chi connectivity index (χ4v) is 3.55. The van der Waals surface area contributed by atoms with Crippen molar-refractivity contribution in [2.75, 3.05) is 13.2 Å². The van der Waals surface area contributed by atoms with Crippen LogP contribution in [0.2, 0.25) is 0 Å². The van der Waals surface area contributed by atoms with Crippen LogP contribution in [0.4, 0.5) is 0 Å². The average molecular weight is 357 g/mol. The first-order chi connectivity index (χ1) is 12.4. The van der Waals surface area contributed by atoms with E-state index in [0.29, 0.717) is 30.8 Å². The first-order valence-corrected chi connectivity index (χ1v) is 9.41. The van der Waals surface area contributed by atoms with E-state index < -0.39 is 5.54 Å². The summed E-state index contributed by atoms with van der Waals surface area (Å²) in [6, 6.07) is 10.3. The second kappa shape index (κ2) is 8.99. The molecule has 0 saturated heterocycles. The van der Waals surface area contributed by atoms with Crippen LogP contribution in [0.15, 0.2) is 48.9 Å². The molecule has 0 spiro atoms. The van der Waals surface area contributed by atoms with E-state index in [2.05, 4.69) is 37.6 Å². The standard InChI is InChI=1S/C21H31N3O2/c1-6-26-20(25)21(23-14-9-10-15-23,19-11-7-8-13-22-19)12-16-24(17(2)3)18(4)5/h7-11,13-15,17-18H,6,12,16H2,1-5H3. The molecule has 142 valence electrons. The van der Waals surface area contributed by atoms with Gasteiger partial charge in [-0.1, -0.05) is 6.07 Å². The lowest BCUT2D eigenvalue weighted by atomic mass is 9.89. The SMILES string of the molecule is CCOC(=O)C(CCN(C(C)C)C(C)C)(c1ccccn1)n1cccc1. The van der Waals surface area contributed by atoms with Gasteiger partial charge in [0.15, 0.2) is 5.54 Å². The maximum Gasteiger partial charge on any atom is 0.338 e. The fourth-order valence-electron chi connectivity index (χ4n) is 3.55. The molecule has 2 aromatic heterocycles. The number of rotatable bonds is 9. The van der Waals surface area contributed by atoms with Gasteiger partial charge in [0.05, 0.1) is 12.3 Å². The van der Waals surface area contributed by atoms with E-state index in [-0.39, 0.29) is 5.97 Å². The molecule has 0 amide bonds. The molecule has 0 aliphatic rings. The average Bonchev–Trinajstić information content (AvgIpc) is 3.14. The molecule has 1 atom stereocenters. The van der Waals surface area contributed by atoms with Gasteiger partial charge in [-0.25, -0.2) is 4.79 Å². The number of hydrogen-bond donors (Lipinski definition) is 0. The number of aromatic nitrogens is 2. The second-order valence-electron chi connectivity index (χ2n) is 7.06. The fraction of sp³-hybridized carbons (Fsp3) is 0.524. The van der Waals surface area contributed by atoms with Crippen LogP contribution in [0.25, 0.3) is 0 Å². The van der Waals surface area contributed by atoms with Crippen LogP contribution >= 0.6 is 0 Å². The predicted octanol–water partition coefficient (Wildman–Crippen LogP) is 3.70. The van der Waals surface area contributed by atoms with Crippen molar-refractivity contribution >= 4 is 5.97 Å². The van der Waals surface area contributed by atoms with E-state index in [1.54, 1.807) is 6.20 Å². The third kappa shape index (κ3) is 4.15. The molecular weight excluding hydrogens is 326 g/mol. The zero-order valence-electron chi connectivity index (χ0n) is 16.6. The van der Waals surface area contributed by atoms with Gasteiger partial charge in [-0.3, -0.25) is 9.88 Å². The summed E-state index contributed by atoms with van der Waals surface area (Å²) in [5.41, 5.74) is -0.259. The normalized spacial score (nSPS) is 14.0. The second-order valence-corrected chi connectivity index (χ2v) is 7.06. The monoisotopic (exact) mass is 357 g/mol. The maximum absolute atomic E-state index is 13.2. The van der Waals surface area contributed by atoms with E-state index in [0.717, 1.165) is 6.54 Å². The lowest BCUT2D eigenvalue weighted by Gasteiger charge is -2.37. The minimum absolute atomic E-state index is 0.262. The molecule has 5 nitrogen and oxygen atoms in total. The van der Waals surface area contributed by atoms with E-state index in [4.69, 9.17) is 4.74 Å². The summed E-state index contributed by atoms with van der Waals surface area (Å²) in [6.07, 6.45) is 6.16. The molecule has 2 aromatic rings. The van der Waals surface area contributed by atoms with Gasteiger partial charge in [0.1, 0.15) is 0 Å². The minimum Gasteiger partial charge on any atom is -0.464 e. The summed E-state index contributed by atoms with van der Waals surface area (Å²) in [6.45, 7) is 11.7. The Hall–Kier alpha value is -2.14. The highest BCUT2D eigenvalue weighted by Gasteiger charge is 2.44. The lowest BCUT2D eigenvalue weighted by molar-refractivity contribution is -0.152. The highest BCUT2D eigenvalue weighted by molar-refractivity contribution is 5.82. The third-order valence-electron chi connectivity index (χ3n) is 4.81. The first kappa shape index (κ1) is 20.2. The van der Waals surface area contributed by atoms with Crippen LogP contribution in [-0.4, -0.2) is 45.7 Å². The van der Waals surface area contributed by atoms with Crippen LogP contribution in [0.1, 0.15) is 46.7 Å². The summed E-state index contributed by atoms with van der Waals surface area (Å²) in [5, 5.41) is 0. The highest BCUT2D eigenvalue weighted by atomic mass is 16.5. The van der Waals surface area contributed by atoms with Gasteiger partial charge in [0.25, 0.3) is 0 Å². The van der Waals surface area contributed by atoms with Gasteiger partial charge >= 0.3 is 5.97 Å². The van der Waals surface area contributed by atoms with Gasteiger partial charge < -0.3 is 9.30 Å². The van der Waals surface area contributed by atoms with E-state index in [1.807, 2.05) is 54.2 Å². The molecule has 0 aromatic carbocycles. The Bertz CT molecular complexity index is 660. The smallest absolute Gasteiger partial charge is 0.338 e. The van der Waals surface area contributed by atoms with Crippen LogP contribution in [-0.2, 0) is 15.1 Å². The van der Waals surface area contributed by atoms with Gasteiger partial charge in [-0.15, -0.1) is 0 Å². The van der Waals surface area contributed by atoms with Crippen LogP contribution < -0.4 is 0 Å². The molecule has 0 aliphatic heterocycles. The molecule has 0 saturated carbocycles. The molecule has 26 heavy (non-hydrogen) atoms. The van der Waals surface area contributed by atoms with E-state index >= 15 is 0 Å². The van der Waals surface area contributed by atoms with Crippen molar-refractivity contribution in [2.24, 2.45) is 0 Å². The highest BCUT2D eigenvalue weighted by Crippen LogP contribution is 2.32. The molecule has 0 fully saturated rings. The van der Waals surface area contributed by atoms with Gasteiger partial charge in [-0.05, 0) is 58.9 Å². The summed E-state index contributed by atoms with van der Waals surface area (Å²) in [7, 11) is 0. The summed E-state index contributed by atoms with van der Waals surface area (Å²) in [5.74, 6) is -0.262. The first-order valence-electron chi connectivity index (χ1n) is 9.41. The minimum atomic E-state index is -0.969. The Labute approximate surface area is 157 Å². The van der Waals surface area contributed by atoms with Crippen molar-refractivity contribution in [3.63, 3.8) is 0 Å². The maximum atomic E-state index is 13.2. The van der Waals surface area contributed by atoms with Crippen LogP contribution in [0, 0.1) is 0 Å². The zero-order valence-corrected chi connectivity index (χ0v) is 16.6. The summed E-state index contributed by atoms with van der Waals surface area (Å²) >= 11 is 0. The Morgan fingerprint density at radius 1 is 1.15 bits per heavy atom. The topological polar surface area (TPSA) is 47.4 Å². The molecule has 1 unspecified atom stereocenters. The van der Waals surface area contributed by atoms with Crippen molar-refractivity contribution in [3.8, 4) is 0 Å². The van der Waals surface area contributed by atoms with Crippen LogP contribution in [0.3, 0.4) is 0 Å². The number of carbonyl (C=O) groups excluding carboxylic acids is 1. The van der Waals surface area contributed by atoms with Gasteiger partial charge in [-0.2, -0.15) is 0 Å². The summed E-state index contributed by atoms with van der Waals surface area (Å²) in [4.78, 5) is 20.1. The Kier molecular flexibility index (Phi) is 6.98. The van der Waals surface area contributed by atoms with Crippen LogP contribution in [0.5, 0.6) is 0 Å². The van der Waals surface area contributed by atoms with E-state index in [9.17, 15) is 4.79 Å². The quantitative estimate of drug-likeness (QED) is 0.642. The number of carbonyl (C=O) groups is 1.